The Hall–Kier alpha value is -1.75. The number of aliphatic imine (C=N–C) groups is 1. The Balaban J connectivity index is 2.42. The minimum absolute atomic E-state index is 0.235. The fourth-order valence-electron chi connectivity index (χ4n) is 2.99. The zero-order valence-electron chi connectivity index (χ0n) is 16.9. The summed E-state index contributed by atoms with van der Waals surface area (Å²) in [6, 6.07) is 8.24. The number of aryl methyl sites for hydroxylation is 1. The van der Waals surface area contributed by atoms with E-state index in [1.165, 1.54) is 5.56 Å². The Morgan fingerprint density at radius 1 is 1.19 bits per heavy atom. The van der Waals surface area contributed by atoms with Crippen LogP contribution in [0.25, 0.3) is 0 Å². The van der Waals surface area contributed by atoms with Crippen LogP contribution in [0.2, 0.25) is 0 Å². The normalized spacial score (nSPS) is 12.9. The van der Waals surface area contributed by atoms with Gasteiger partial charge >= 0.3 is 0 Å². The largest absolute Gasteiger partial charge is 0.497 e. The maximum atomic E-state index is 9.25. The molecule has 148 valence electrons. The van der Waals surface area contributed by atoms with Crippen LogP contribution in [0.4, 0.5) is 0 Å². The molecule has 0 bridgehead atoms. The highest BCUT2D eigenvalue weighted by atomic mass is 16.5. The van der Waals surface area contributed by atoms with Gasteiger partial charge in [-0.1, -0.05) is 26.0 Å². The molecule has 0 saturated heterocycles. The SMILES string of the molecule is CCNC(=NCC(CCO)CC(C)C)NCCCc1ccc(OC)cc1. The molecular weight excluding hydrogens is 326 g/mol. The average Bonchev–Trinajstić information content (AvgIpc) is 2.63. The molecule has 5 nitrogen and oxygen atoms in total. The molecule has 26 heavy (non-hydrogen) atoms. The van der Waals surface area contributed by atoms with Crippen LogP contribution in [0.1, 0.15) is 45.6 Å². The molecule has 1 aromatic carbocycles. The van der Waals surface area contributed by atoms with E-state index in [2.05, 4.69) is 43.5 Å². The van der Waals surface area contributed by atoms with Crippen molar-refractivity contribution in [2.45, 2.75) is 46.5 Å². The van der Waals surface area contributed by atoms with E-state index in [0.29, 0.717) is 11.8 Å². The second-order valence-corrected chi connectivity index (χ2v) is 7.11. The predicted molar refractivity (Wildman–Crippen MR) is 110 cm³/mol. The number of ether oxygens (including phenoxy) is 1. The number of nitrogens with one attached hydrogen (secondary N) is 2. The third kappa shape index (κ3) is 9.66. The zero-order valence-corrected chi connectivity index (χ0v) is 16.9. The van der Waals surface area contributed by atoms with Crippen molar-refractivity contribution in [3.63, 3.8) is 0 Å². The van der Waals surface area contributed by atoms with Crippen LogP contribution in [0.5, 0.6) is 5.75 Å². The first-order chi connectivity index (χ1) is 12.6. The fraction of sp³-hybridized carbons (Fsp3) is 0.667. The van der Waals surface area contributed by atoms with Crippen molar-refractivity contribution in [2.75, 3.05) is 33.4 Å². The van der Waals surface area contributed by atoms with Crippen LogP contribution >= 0.6 is 0 Å². The van der Waals surface area contributed by atoms with Crippen molar-refractivity contribution >= 4 is 5.96 Å². The molecule has 0 aromatic heterocycles. The molecule has 0 spiro atoms. The highest BCUT2D eigenvalue weighted by molar-refractivity contribution is 5.79. The quantitative estimate of drug-likeness (QED) is 0.303. The van der Waals surface area contributed by atoms with Gasteiger partial charge in [-0.05, 0) is 62.1 Å². The van der Waals surface area contributed by atoms with E-state index in [0.717, 1.165) is 57.0 Å². The van der Waals surface area contributed by atoms with Gasteiger partial charge in [0.1, 0.15) is 5.75 Å². The fourth-order valence-corrected chi connectivity index (χ4v) is 2.99. The van der Waals surface area contributed by atoms with Crippen LogP contribution in [-0.4, -0.2) is 44.4 Å². The lowest BCUT2D eigenvalue weighted by molar-refractivity contribution is 0.245. The van der Waals surface area contributed by atoms with Crippen LogP contribution in [0, 0.1) is 11.8 Å². The maximum Gasteiger partial charge on any atom is 0.191 e. The molecule has 5 heteroatoms. The number of aliphatic hydroxyl groups excluding tert-OH is 1. The Labute approximate surface area is 159 Å². The highest BCUT2D eigenvalue weighted by Crippen LogP contribution is 2.15. The summed E-state index contributed by atoms with van der Waals surface area (Å²) in [6.45, 7) is 9.23. The highest BCUT2D eigenvalue weighted by Gasteiger charge is 2.10. The van der Waals surface area contributed by atoms with Crippen molar-refractivity contribution in [1.29, 1.82) is 0 Å². The molecule has 0 heterocycles. The summed E-state index contributed by atoms with van der Waals surface area (Å²) in [4.78, 5) is 4.72. The Morgan fingerprint density at radius 2 is 1.92 bits per heavy atom. The molecule has 0 aliphatic heterocycles. The molecule has 0 saturated carbocycles. The maximum absolute atomic E-state index is 9.25. The van der Waals surface area contributed by atoms with E-state index in [9.17, 15) is 5.11 Å². The van der Waals surface area contributed by atoms with Gasteiger partial charge in [0.25, 0.3) is 0 Å². The van der Waals surface area contributed by atoms with Crippen molar-refractivity contribution < 1.29 is 9.84 Å². The third-order valence-corrected chi connectivity index (χ3v) is 4.29. The number of hydrogen-bond acceptors (Lipinski definition) is 3. The molecule has 0 amide bonds. The van der Waals surface area contributed by atoms with Gasteiger partial charge in [-0.3, -0.25) is 4.99 Å². The van der Waals surface area contributed by atoms with E-state index >= 15 is 0 Å². The van der Waals surface area contributed by atoms with Gasteiger partial charge in [0.15, 0.2) is 5.96 Å². The van der Waals surface area contributed by atoms with Crippen molar-refractivity contribution in [3.8, 4) is 5.75 Å². The molecule has 1 rings (SSSR count). The Morgan fingerprint density at radius 3 is 2.50 bits per heavy atom. The molecule has 0 aliphatic rings. The Bertz CT molecular complexity index is 500. The second-order valence-electron chi connectivity index (χ2n) is 7.11. The van der Waals surface area contributed by atoms with Crippen molar-refractivity contribution in [1.82, 2.24) is 10.6 Å². The van der Waals surface area contributed by atoms with Gasteiger partial charge in [0, 0.05) is 26.2 Å². The topological polar surface area (TPSA) is 65.9 Å². The van der Waals surface area contributed by atoms with Gasteiger partial charge in [0.2, 0.25) is 0 Å². The van der Waals surface area contributed by atoms with Gasteiger partial charge < -0.3 is 20.5 Å². The minimum atomic E-state index is 0.235. The number of nitrogens with zero attached hydrogens (tertiary/aromatic N) is 1. The van der Waals surface area contributed by atoms with E-state index in [1.54, 1.807) is 7.11 Å². The molecule has 1 atom stereocenters. The van der Waals surface area contributed by atoms with Crippen LogP contribution in [0.3, 0.4) is 0 Å². The van der Waals surface area contributed by atoms with Crippen LogP contribution in [0.15, 0.2) is 29.3 Å². The smallest absolute Gasteiger partial charge is 0.191 e. The Kier molecular flexibility index (Phi) is 11.5. The minimum Gasteiger partial charge on any atom is -0.497 e. The molecule has 0 fully saturated rings. The molecule has 3 N–H and O–H groups in total. The van der Waals surface area contributed by atoms with Gasteiger partial charge in [-0.15, -0.1) is 0 Å². The van der Waals surface area contributed by atoms with Gasteiger partial charge in [0.05, 0.1) is 7.11 Å². The van der Waals surface area contributed by atoms with Gasteiger partial charge in [-0.25, -0.2) is 0 Å². The summed E-state index contributed by atoms with van der Waals surface area (Å²) in [5, 5.41) is 16.0. The molecular formula is C21H37N3O2. The summed E-state index contributed by atoms with van der Waals surface area (Å²) in [7, 11) is 1.69. The summed E-state index contributed by atoms with van der Waals surface area (Å²) >= 11 is 0. The predicted octanol–water partition coefficient (Wildman–Crippen LogP) is 3.23. The first-order valence-corrected chi connectivity index (χ1v) is 9.85. The number of guanidine groups is 1. The average molecular weight is 364 g/mol. The van der Waals surface area contributed by atoms with E-state index in [1.807, 2.05) is 12.1 Å². The molecule has 0 radical (unpaired) electrons. The first-order valence-electron chi connectivity index (χ1n) is 9.85. The standard InChI is InChI=1S/C21H37N3O2/c1-5-22-21(24-16-19(12-14-25)15-17(2)3)23-13-6-7-18-8-10-20(26-4)11-9-18/h8-11,17,19,25H,5-7,12-16H2,1-4H3,(H2,22,23,24). The number of hydrogen-bond donors (Lipinski definition) is 3. The number of benzene rings is 1. The zero-order chi connectivity index (χ0) is 19.2. The monoisotopic (exact) mass is 363 g/mol. The van der Waals surface area contributed by atoms with Gasteiger partial charge in [-0.2, -0.15) is 0 Å². The lowest BCUT2D eigenvalue weighted by atomic mass is 9.94. The summed E-state index contributed by atoms with van der Waals surface area (Å²) < 4.78 is 5.19. The van der Waals surface area contributed by atoms with Crippen molar-refractivity contribution in [3.05, 3.63) is 29.8 Å². The van der Waals surface area contributed by atoms with E-state index in [4.69, 9.17) is 9.73 Å². The molecule has 1 unspecified atom stereocenters. The number of methoxy groups -OCH3 is 1. The first kappa shape index (κ1) is 22.3. The molecule has 0 aliphatic carbocycles. The summed E-state index contributed by atoms with van der Waals surface area (Å²) in [6.07, 6.45) is 3.99. The van der Waals surface area contributed by atoms with E-state index < -0.39 is 0 Å². The lowest BCUT2D eigenvalue weighted by Crippen LogP contribution is -2.38. The van der Waals surface area contributed by atoms with Crippen LogP contribution < -0.4 is 15.4 Å². The van der Waals surface area contributed by atoms with E-state index in [-0.39, 0.29) is 6.61 Å². The summed E-state index contributed by atoms with van der Waals surface area (Å²) in [5.41, 5.74) is 1.31. The van der Waals surface area contributed by atoms with Crippen LogP contribution in [-0.2, 0) is 6.42 Å². The third-order valence-electron chi connectivity index (χ3n) is 4.29. The number of rotatable bonds is 12. The second kappa shape index (κ2) is 13.5. The number of aliphatic hydroxyl groups is 1. The van der Waals surface area contributed by atoms with Crippen molar-refractivity contribution in [2.24, 2.45) is 16.8 Å². The lowest BCUT2D eigenvalue weighted by Gasteiger charge is -2.17. The molecule has 1 aromatic rings. The summed E-state index contributed by atoms with van der Waals surface area (Å²) in [5.74, 6) is 2.83.